The van der Waals surface area contributed by atoms with Gasteiger partial charge in [-0.3, -0.25) is 24.3 Å². The van der Waals surface area contributed by atoms with Gasteiger partial charge in [0.05, 0.1) is 37.0 Å². The molecular weight excluding hydrogens is 448 g/mol. The lowest BCUT2D eigenvalue weighted by molar-refractivity contribution is 0.0369. The van der Waals surface area contributed by atoms with Gasteiger partial charge in [0.15, 0.2) is 0 Å². The first-order valence-electron chi connectivity index (χ1n) is 11.7. The van der Waals surface area contributed by atoms with E-state index in [1.54, 1.807) is 29.0 Å². The minimum atomic E-state index is -0.441. The molecule has 1 aliphatic heterocycles. The van der Waals surface area contributed by atoms with Gasteiger partial charge in [0.2, 0.25) is 0 Å². The highest BCUT2D eigenvalue weighted by Gasteiger charge is 2.19. The second-order valence-electron chi connectivity index (χ2n) is 8.67. The number of aryl methyl sites for hydroxylation is 2. The van der Waals surface area contributed by atoms with Crippen LogP contribution >= 0.6 is 0 Å². The number of aromatic nitrogens is 3. The predicted octanol–water partition coefficient (Wildman–Crippen LogP) is 1.68. The fraction of sp³-hybridized carbons (Fsp3) is 0.360. The van der Waals surface area contributed by atoms with E-state index in [9.17, 15) is 9.59 Å². The molecular formula is C25H28N6O4. The Kier molecular flexibility index (Phi) is 6.47. The monoisotopic (exact) mass is 476 g/mol. The topological polar surface area (TPSA) is 118 Å². The average molecular weight is 477 g/mol. The van der Waals surface area contributed by atoms with E-state index in [4.69, 9.17) is 19.5 Å². The van der Waals surface area contributed by atoms with E-state index < -0.39 is 5.91 Å². The first-order valence-corrected chi connectivity index (χ1v) is 11.7. The smallest absolute Gasteiger partial charge is 0.267 e. The van der Waals surface area contributed by atoms with Crippen molar-refractivity contribution < 1.29 is 13.9 Å². The van der Waals surface area contributed by atoms with Crippen LogP contribution in [0.2, 0.25) is 0 Å². The van der Waals surface area contributed by atoms with Crippen LogP contribution in [0.25, 0.3) is 16.7 Å². The molecule has 182 valence electrons. The van der Waals surface area contributed by atoms with Gasteiger partial charge >= 0.3 is 0 Å². The van der Waals surface area contributed by atoms with Crippen LogP contribution in [0.4, 0.5) is 0 Å². The standard InChI is InChI=1S/C25H28N6O4/c1-17-5-2-8-31-22(17)28-23-20(25(31)33)15-19(24(32)27-16-18-6-3-12-35-18)21(26)30(23)9-4-7-29-10-13-34-14-11-29/h2-3,5-6,8,12,15,26H,4,7,9-11,13-14,16H2,1H3,(H,27,32). The third kappa shape index (κ3) is 4.62. The summed E-state index contributed by atoms with van der Waals surface area (Å²) < 4.78 is 13.9. The molecule has 0 radical (unpaired) electrons. The van der Waals surface area contributed by atoms with E-state index in [0.717, 1.165) is 31.6 Å². The number of ether oxygens (including phenoxy) is 1. The van der Waals surface area contributed by atoms with Crippen molar-refractivity contribution in [2.45, 2.75) is 26.4 Å². The summed E-state index contributed by atoms with van der Waals surface area (Å²) in [7, 11) is 0. The Hall–Kier alpha value is -3.76. The first kappa shape index (κ1) is 23.0. The third-order valence-corrected chi connectivity index (χ3v) is 6.34. The van der Waals surface area contributed by atoms with Gasteiger partial charge < -0.3 is 19.0 Å². The summed E-state index contributed by atoms with van der Waals surface area (Å²) >= 11 is 0. The number of pyridine rings is 2. The second kappa shape index (κ2) is 9.85. The van der Waals surface area contributed by atoms with Crippen LogP contribution in [0.1, 0.15) is 28.1 Å². The third-order valence-electron chi connectivity index (χ3n) is 6.34. The van der Waals surface area contributed by atoms with Crippen molar-refractivity contribution in [2.24, 2.45) is 0 Å². The number of hydrogen-bond acceptors (Lipinski definition) is 7. The molecule has 10 nitrogen and oxygen atoms in total. The van der Waals surface area contributed by atoms with E-state index in [2.05, 4.69) is 10.2 Å². The number of rotatable bonds is 7. The van der Waals surface area contributed by atoms with Gasteiger partial charge in [-0.05, 0) is 43.2 Å². The molecule has 0 aliphatic carbocycles. The van der Waals surface area contributed by atoms with E-state index in [-0.39, 0.29) is 23.2 Å². The second-order valence-corrected chi connectivity index (χ2v) is 8.67. The van der Waals surface area contributed by atoms with Gasteiger partial charge in [-0.15, -0.1) is 0 Å². The minimum Gasteiger partial charge on any atom is -0.467 e. The van der Waals surface area contributed by atoms with Gasteiger partial charge in [0.25, 0.3) is 11.5 Å². The molecule has 4 aromatic heterocycles. The van der Waals surface area contributed by atoms with Gasteiger partial charge in [-0.25, -0.2) is 4.98 Å². The quantitative estimate of drug-likeness (QED) is 0.392. The summed E-state index contributed by atoms with van der Waals surface area (Å²) in [5.74, 6) is 0.163. The summed E-state index contributed by atoms with van der Waals surface area (Å²) in [5.41, 5.74) is 1.71. The Bertz CT molecular complexity index is 1480. The van der Waals surface area contributed by atoms with Crippen molar-refractivity contribution in [3.63, 3.8) is 0 Å². The minimum absolute atomic E-state index is 0.0289. The van der Waals surface area contributed by atoms with E-state index in [1.807, 2.05) is 13.0 Å². The summed E-state index contributed by atoms with van der Waals surface area (Å²) in [6.07, 6.45) is 3.96. The molecule has 0 aromatic carbocycles. The fourth-order valence-electron chi connectivity index (χ4n) is 4.44. The van der Waals surface area contributed by atoms with Gasteiger partial charge in [-0.1, -0.05) is 6.07 Å². The highest BCUT2D eigenvalue weighted by molar-refractivity contribution is 5.96. The van der Waals surface area contributed by atoms with E-state index >= 15 is 0 Å². The molecule has 1 aliphatic rings. The van der Waals surface area contributed by atoms with Crippen molar-refractivity contribution in [1.29, 1.82) is 5.41 Å². The first-order chi connectivity index (χ1) is 17.0. The zero-order valence-corrected chi connectivity index (χ0v) is 19.6. The zero-order valence-electron chi connectivity index (χ0n) is 19.6. The lowest BCUT2D eigenvalue weighted by atomic mass is 10.1. The maximum atomic E-state index is 13.4. The Labute approximate surface area is 201 Å². The van der Waals surface area contributed by atoms with Crippen molar-refractivity contribution in [3.05, 3.63) is 75.5 Å². The largest absolute Gasteiger partial charge is 0.467 e. The molecule has 0 bridgehead atoms. The molecule has 5 heterocycles. The molecule has 0 atom stereocenters. The molecule has 0 saturated carbocycles. The fourth-order valence-corrected chi connectivity index (χ4v) is 4.44. The number of fused-ring (bicyclic) bond motifs is 2. The molecule has 1 saturated heterocycles. The number of amides is 1. The van der Waals surface area contributed by atoms with Crippen molar-refractivity contribution >= 4 is 22.6 Å². The SMILES string of the molecule is Cc1cccn2c(=O)c3cc(C(=O)NCc4ccco4)c(=N)n(CCCN4CCOCC4)c3nc12. The predicted molar refractivity (Wildman–Crippen MR) is 129 cm³/mol. The molecule has 10 heteroatoms. The summed E-state index contributed by atoms with van der Waals surface area (Å²) in [5, 5.41) is 12.0. The van der Waals surface area contributed by atoms with Crippen molar-refractivity contribution in [1.82, 2.24) is 24.2 Å². The Morgan fingerprint density at radius 1 is 1.17 bits per heavy atom. The molecule has 0 spiro atoms. The molecule has 1 amide bonds. The molecule has 0 unspecified atom stereocenters. The van der Waals surface area contributed by atoms with Crippen molar-refractivity contribution in [3.8, 4) is 0 Å². The van der Waals surface area contributed by atoms with Crippen molar-refractivity contribution in [2.75, 3.05) is 32.8 Å². The lowest BCUT2D eigenvalue weighted by Crippen LogP contribution is -2.38. The highest BCUT2D eigenvalue weighted by atomic mass is 16.5. The number of nitrogens with zero attached hydrogens (tertiary/aromatic N) is 4. The summed E-state index contributed by atoms with van der Waals surface area (Å²) in [6.45, 7) is 6.56. The number of nitrogens with one attached hydrogen (secondary N) is 2. The van der Waals surface area contributed by atoms with Crippen LogP contribution in [0, 0.1) is 12.3 Å². The van der Waals surface area contributed by atoms with Crippen LogP contribution in [-0.4, -0.2) is 57.6 Å². The molecule has 4 aromatic rings. The number of furan rings is 1. The lowest BCUT2D eigenvalue weighted by Gasteiger charge is -2.26. The van der Waals surface area contributed by atoms with E-state index in [1.165, 1.54) is 16.7 Å². The number of carbonyl (C=O) groups is 1. The van der Waals surface area contributed by atoms with Crippen LogP contribution in [0.5, 0.6) is 0 Å². The Morgan fingerprint density at radius 3 is 2.77 bits per heavy atom. The normalized spacial score (nSPS) is 14.5. The number of morpholine rings is 1. The van der Waals surface area contributed by atoms with Crippen LogP contribution in [0.15, 0.2) is 52.0 Å². The molecule has 5 rings (SSSR count). The van der Waals surface area contributed by atoms with Crippen LogP contribution in [-0.2, 0) is 17.8 Å². The zero-order chi connectivity index (χ0) is 24.4. The average Bonchev–Trinajstić information content (AvgIpc) is 3.39. The maximum absolute atomic E-state index is 13.4. The van der Waals surface area contributed by atoms with Crippen LogP contribution < -0.4 is 16.4 Å². The molecule has 35 heavy (non-hydrogen) atoms. The molecule has 2 N–H and O–H groups in total. The number of carbonyl (C=O) groups excluding carboxylic acids is 1. The van der Waals surface area contributed by atoms with E-state index in [0.29, 0.717) is 42.2 Å². The maximum Gasteiger partial charge on any atom is 0.267 e. The Balaban J connectivity index is 1.56. The van der Waals surface area contributed by atoms with Gasteiger partial charge in [-0.2, -0.15) is 0 Å². The van der Waals surface area contributed by atoms with Crippen LogP contribution in [0.3, 0.4) is 0 Å². The Morgan fingerprint density at radius 2 is 2.00 bits per heavy atom. The highest BCUT2D eigenvalue weighted by Crippen LogP contribution is 2.14. The van der Waals surface area contributed by atoms with Gasteiger partial charge in [0, 0.05) is 32.4 Å². The molecule has 1 fully saturated rings. The summed E-state index contributed by atoms with van der Waals surface area (Å²) in [4.78, 5) is 33.6. The number of hydrogen-bond donors (Lipinski definition) is 2. The summed E-state index contributed by atoms with van der Waals surface area (Å²) in [6, 6.07) is 8.68. The van der Waals surface area contributed by atoms with Gasteiger partial charge in [0.1, 0.15) is 22.5 Å².